The van der Waals surface area contributed by atoms with Crippen LogP contribution < -0.4 is 15.1 Å². The molecule has 176 valence electrons. The van der Waals surface area contributed by atoms with Crippen LogP contribution in [0.4, 0.5) is 5.13 Å². The standard InChI is InChI=1S/C26H20N2O6S/c1-4-12-33-25(31)23-14(2)27-26(35-23)28-20(15-8-7-9-16(13-15)32-3)19-21(29)17-10-5-6-11-18(17)34-22(19)24(28)30/h4-11,13,20H,1,12H2,2-3H3. The number of anilines is 1. The van der Waals surface area contributed by atoms with Crippen molar-refractivity contribution in [1.29, 1.82) is 0 Å². The van der Waals surface area contributed by atoms with Crippen molar-refractivity contribution in [3.8, 4) is 5.75 Å². The number of amides is 1. The third kappa shape index (κ3) is 3.70. The van der Waals surface area contributed by atoms with Crippen LogP contribution in [0.15, 0.2) is 70.4 Å². The van der Waals surface area contributed by atoms with E-state index < -0.39 is 17.9 Å². The Kier molecular flexibility index (Phi) is 5.70. The molecule has 1 amide bonds. The quantitative estimate of drug-likeness (QED) is 0.288. The lowest BCUT2D eigenvalue weighted by atomic mass is 9.98. The first kappa shape index (κ1) is 22.5. The number of nitrogens with zero attached hydrogens (tertiary/aromatic N) is 2. The normalized spacial score (nSPS) is 14.7. The van der Waals surface area contributed by atoms with E-state index in [1.807, 2.05) is 0 Å². The van der Waals surface area contributed by atoms with Gasteiger partial charge in [0.05, 0.1) is 29.8 Å². The minimum absolute atomic E-state index is 0.0508. The summed E-state index contributed by atoms with van der Waals surface area (Å²) < 4.78 is 16.5. The summed E-state index contributed by atoms with van der Waals surface area (Å²) in [6.45, 7) is 5.26. The summed E-state index contributed by atoms with van der Waals surface area (Å²) in [7, 11) is 1.54. The number of carbonyl (C=O) groups excluding carboxylic acids is 2. The number of aromatic nitrogens is 1. The summed E-state index contributed by atoms with van der Waals surface area (Å²) in [6.07, 6.45) is 1.47. The molecule has 1 unspecified atom stereocenters. The van der Waals surface area contributed by atoms with Gasteiger partial charge < -0.3 is 13.9 Å². The number of para-hydroxylation sites is 1. The largest absolute Gasteiger partial charge is 0.497 e. The highest BCUT2D eigenvalue weighted by Gasteiger charge is 2.45. The zero-order valence-corrected chi connectivity index (χ0v) is 19.8. The minimum atomic E-state index is -0.823. The second-order valence-electron chi connectivity index (χ2n) is 7.82. The average Bonchev–Trinajstić information content (AvgIpc) is 3.40. The van der Waals surface area contributed by atoms with E-state index in [9.17, 15) is 14.4 Å². The Hall–Kier alpha value is -4.24. The number of rotatable bonds is 6. The van der Waals surface area contributed by atoms with Crippen molar-refractivity contribution in [3.63, 3.8) is 0 Å². The van der Waals surface area contributed by atoms with Crippen LogP contribution in [0.5, 0.6) is 5.75 Å². The molecule has 0 spiro atoms. The molecule has 1 aliphatic heterocycles. The number of thiazole rings is 1. The molecule has 0 bridgehead atoms. The average molecular weight is 489 g/mol. The van der Waals surface area contributed by atoms with Gasteiger partial charge in [-0.2, -0.15) is 0 Å². The first-order valence-corrected chi connectivity index (χ1v) is 11.5. The number of fused-ring (bicyclic) bond motifs is 2. The molecule has 0 saturated heterocycles. The van der Waals surface area contributed by atoms with Crippen molar-refractivity contribution in [3.05, 3.63) is 98.9 Å². The van der Waals surface area contributed by atoms with E-state index in [1.165, 1.54) is 18.1 Å². The summed E-state index contributed by atoms with van der Waals surface area (Å²) in [5.74, 6) is -0.564. The van der Waals surface area contributed by atoms with Gasteiger partial charge in [0, 0.05) is 0 Å². The number of carbonyl (C=O) groups is 2. The highest BCUT2D eigenvalue weighted by Crippen LogP contribution is 2.43. The zero-order valence-electron chi connectivity index (χ0n) is 18.9. The van der Waals surface area contributed by atoms with Gasteiger partial charge in [0.15, 0.2) is 10.6 Å². The van der Waals surface area contributed by atoms with Gasteiger partial charge in [0.2, 0.25) is 5.76 Å². The molecular formula is C26H20N2O6S. The number of ether oxygens (including phenoxy) is 2. The van der Waals surface area contributed by atoms with Crippen molar-refractivity contribution < 1.29 is 23.5 Å². The van der Waals surface area contributed by atoms with Gasteiger partial charge in [-0.15, -0.1) is 0 Å². The molecule has 5 rings (SSSR count). The topological polar surface area (TPSA) is 98.9 Å². The van der Waals surface area contributed by atoms with E-state index in [1.54, 1.807) is 55.5 Å². The molecule has 0 radical (unpaired) electrons. The molecule has 0 saturated carbocycles. The van der Waals surface area contributed by atoms with Crippen LogP contribution in [0.3, 0.4) is 0 Å². The van der Waals surface area contributed by atoms with Gasteiger partial charge >= 0.3 is 5.97 Å². The molecule has 0 fully saturated rings. The highest BCUT2D eigenvalue weighted by atomic mass is 32.1. The van der Waals surface area contributed by atoms with Crippen molar-refractivity contribution in [2.75, 3.05) is 18.6 Å². The second kappa shape index (κ2) is 8.84. The summed E-state index contributed by atoms with van der Waals surface area (Å²) in [4.78, 5) is 46.0. The van der Waals surface area contributed by atoms with E-state index in [0.717, 1.165) is 11.3 Å². The van der Waals surface area contributed by atoms with E-state index >= 15 is 0 Å². The van der Waals surface area contributed by atoms with E-state index in [0.29, 0.717) is 28.0 Å². The Labute approximate surface area is 204 Å². The van der Waals surface area contributed by atoms with Crippen LogP contribution in [-0.2, 0) is 4.74 Å². The lowest BCUT2D eigenvalue weighted by molar-refractivity contribution is 0.0554. The maximum atomic E-state index is 13.7. The summed E-state index contributed by atoms with van der Waals surface area (Å²) in [5, 5.41) is 0.624. The smallest absolute Gasteiger partial charge is 0.350 e. The van der Waals surface area contributed by atoms with Crippen molar-refractivity contribution >= 4 is 39.3 Å². The first-order chi connectivity index (χ1) is 16.9. The fraction of sp³-hybridized carbons (Fsp3) is 0.154. The molecule has 9 heteroatoms. The molecule has 1 atom stereocenters. The maximum absolute atomic E-state index is 13.7. The van der Waals surface area contributed by atoms with Crippen molar-refractivity contribution in [2.24, 2.45) is 0 Å². The van der Waals surface area contributed by atoms with Crippen LogP contribution in [0.1, 0.15) is 43.1 Å². The van der Waals surface area contributed by atoms with Crippen LogP contribution in [0, 0.1) is 6.92 Å². The van der Waals surface area contributed by atoms with E-state index in [2.05, 4.69) is 11.6 Å². The fourth-order valence-corrected chi connectivity index (χ4v) is 5.11. The van der Waals surface area contributed by atoms with E-state index in [4.69, 9.17) is 13.9 Å². The predicted molar refractivity (Wildman–Crippen MR) is 131 cm³/mol. The first-order valence-electron chi connectivity index (χ1n) is 10.7. The molecule has 4 aromatic rings. The van der Waals surface area contributed by atoms with Crippen LogP contribution in [0.25, 0.3) is 11.0 Å². The predicted octanol–water partition coefficient (Wildman–Crippen LogP) is 4.66. The Morgan fingerprint density at radius 1 is 1.23 bits per heavy atom. The molecule has 1 aliphatic rings. The van der Waals surface area contributed by atoms with Gasteiger partial charge in [0.1, 0.15) is 22.8 Å². The number of aryl methyl sites for hydroxylation is 1. The third-order valence-electron chi connectivity index (χ3n) is 5.70. The molecule has 2 aromatic carbocycles. The highest BCUT2D eigenvalue weighted by molar-refractivity contribution is 7.17. The van der Waals surface area contributed by atoms with Gasteiger partial charge in [-0.05, 0) is 36.8 Å². The number of hydrogen-bond acceptors (Lipinski definition) is 8. The van der Waals surface area contributed by atoms with Gasteiger partial charge in [0.25, 0.3) is 5.91 Å². The molecule has 3 heterocycles. The lowest BCUT2D eigenvalue weighted by Crippen LogP contribution is -2.29. The molecule has 8 nitrogen and oxygen atoms in total. The summed E-state index contributed by atoms with van der Waals surface area (Å²) >= 11 is 1.02. The Morgan fingerprint density at radius 2 is 2.03 bits per heavy atom. The van der Waals surface area contributed by atoms with Gasteiger partial charge in [-0.25, -0.2) is 9.78 Å². The molecule has 35 heavy (non-hydrogen) atoms. The number of methoxy groups -OCH3 is 1. The molecular weight excluding hydrogens is 468 g/mol. The number of esters is 1. The van der Waals surface area contributed by atoms with Crippen LogP contribution >= 0.6 is 11.3 Å². The van der Waals surface area contributed by atoms with Gasteiger partial charge in [-0.3, -0.25) is 14.5 Å². The molecule has 2 aromatic heterocycles. The summed E-state index contributed by atoms with van der Waals surface area (Å²) in [6, 6.07) is 13.1. The Balaban J connectivity index is 1.72. The second-order valence-corrected chi connectivity index (χ2v) is 8.80. The molecule has 0 N–H and O–H groups in total. The number of hydrogen-bond donors (Lipinski definition) is 0. The van der Waals surface area contributed by atoms with Crippen LogP contribution in [-0.4, -0.2) is 30.6 Å². The molecule has 0 aliphatic carbocycles. The maximum Gasteiger partial charge on any atom is 0.350 e. The van der Waals surface area contributed by atoms with Crippen molar-refractivity contribution in [2.45, 2.75) is 13.0 Å². The van der Waals surface area contributed by atoms with Gasteiger partial charge in [-0.1, -0.05) is 48.3 Å². The lowest BCUT2D eigenvalue weighted by Gasteiger charge is -2.22. The SMILES string of the molecule is C=CCOC(=O)c1sc(N2C(=O)c3oc4ccccc4c(=O)c3C2c2cccc(OC)c2)nc1C. The Morgan fingerprint density at radius 3 is 2.80 bits per heavy atom. The monoisotopic (exact) mass is 488 g/mol. The third-order valence-corrected chi connectivity index (χ3v) is 6.83. The fourth-order valence-electron chi connectivity index (χ4n) is 4.12. The minimum Gasteiger partial charge on any atom is -0.497 e. The van der Waals surface area contributed by atoms with Crippen molar-refractivity contribution in [1.82, 2.24) is 4.98 Å². The van der Waals surface area contributed by atoms with E-state index in [-0.39, 0.29) is 33.4 Å². The Bertz CT molecular complexity index is 1550. The number of benzene rings is 2. The van der Waals surface area contributed by atoms with Crippen LogP contribution in [0.2, 0.25) is 0 Å². The zero-order chi connectivity index (χ0) is 24.7. The summed E-state index contributed by atoms with van der Waals surface area (Å²) in [5.41, 5.74) is 1.29.